The molecule has 1 unspecified atom stereocenters. The molecule has 0 radical (unpaired) electrons. The van der Waals surface area contributed by atoms with Gasteiger partial charge in [0.2, 0.25) is 0 Å². The van der Waals surface area contributed by atoms with E-state index in [2.05, 4.69) is 0 Å². The van der Waals surface area contributed by atoms with Crippen molar-refractivity contribution in [3.05, 3.63) is 17.2 Å². The lowest BCUT2D eigenvalue weighted by molar-refractivity contribution is -0.151. The number of furan rings is 2. The van der Waals surface area contributed by atoms with E-state index in [1.54, 1.807) is 19.9 Å². The molecule has 1 aliphatic rings. The molecule has 3 heterocycles. The SMILES string of the molecule is CC(Cc1c2c3oc1cc3C(=O)O2)OC(=O)C(C)C. The summed E-state index contributed by atoms with van der Waals surface area (Å²) in [5.41, 5.74) is 2.44. The first kappa shape index (κ1) is 12.0. The second-order valence-corrected chi connectivity index (χ2v) is 5.16. The summed E-state index contributed by atoms with van der Waals surface area (Å²) in [5.74, 6) is -0.277. The van der Waals surface area contributed by atoms with Crippen LogP contribution < -0.4 is 4.74 Å². The Morgan fingerprint density at radius 1 is 1.37 bits per heavy atom. The van der Waals surface area contributed by atoms with Crippen LogP contribution >= 0.6 is 0 Å². The monoisotopic (exact) mass is 262 g/mol. The van der Waals surface area contributed by atoms with Crippen LogP contribution in [0.4, 0.5) is 0 Å². The smallest absolute Gasteiger partial charge is 0.347 e. The minimum absolute atomic E-state index is 0.158. The molecule has 3 rings (SSSR count). The van der Waals surface area contributed by atoms with Crippen molar-refractivity contribution in [1.82, 2.24) is 0 Å². The minimum Gasteiger partial charge on any atom is -0.462 e. The van der Waals surface area contributed by atoms with E-state index in [0.29, 0.717) is 28.9 Å². The number of carbonyl (C=O) groups is 2. The van der Waals surface area contributed by atoms with Gasteiger partial charge < -0.3 is 13.9 Å². The lowest BCUT2D eigenvalue weighted by atomic mass is 10.1. The lowest BCUT2D eigenvalue weighted by Gasteiger charge is -2.14. The second kappa shape index (κ2) is 3.98. The van der Waals surface area contributed by atoms with Crippen LogP contribution in [0.5, 0.6) is 5.75 Å². The predicted molar refractivity (Wildman–Crippen MR) is 66.5 cm³/mol. The van der Waals surface area contributed by atoms with Gasteiger partial charge in [0.15, 0.2) is 11.3 Å². The van der Waals surface area contributed by atoms with Gasteiger partial charge >= 0.3 is 11.9 Å². The first-order valence-corrected chi connectivity index (χ1v) is 6.27. The number of carbonyl (C=O) groups excluding carboxylic acids is 2. The Balaban J connectivity index is 1.77. The van der Waals surface area contributed by atoms with Crippen molar-refractivity contribution in [3.63, 3.8) is 0 Å². The number of fused-ring (bicyclic) bond motifs is 1. The fraction of sp³-hybridized carbons (Fsp3) is 0.429. The molecule has 2 aromatic rings. The highest BCUT2D eigenvalue weighted by atomic mass is 16.6. The molecule has 0 saturated heterocycles. The number of ether oxygens (including phenoxy) is 2. The van der Waals surface area contributed by atoms with E-state index in [0.717, 1.165) is 5.56 Å². The maximum Gasteiger partial charge on any atom is 0.347 e. The number of esters is 2. The zero-order valence-corrected chi connectivity index (χ0v) is 11.0. The highest BCUT2D eigenvalue weighted by Gasteiger charge is 2.35. The van der Waals surface area contributed by atoms with Gasteiger partial charge in [-0.15, -0.1) is 0 Å². The van der Waals surface area contributed by atoms with Gasteiger partial charge in [-0.2, -0.15) is 0 Å². The average Bonchev–Trinajstić information content (AvgIpc) is 2.93. The van der Waals surface area contributed by atoms with E-state index in [9.17, 15) is 9.59 Å². The van der Waals surface area contributed by atoms with Crippen LogP contribution in [0.25, 0.3) is 11.2 Å². The molecule has 2 bridgehead atoms. The first-order chi connectivity index (χ1) is 8.97. The highest BCUT2D eigenvalue weighted by Crippen LogP contribution is 2.44. The highest BCUT2D eigenvalue weighted by molar-refractivity contribution is 6.09. The minimum atomic E-state index is -0.373. The fourth-order valence-corrected chi connectivity index (χ4v) is 2.22. The van der Waals surface area contributed by atoms with Gasteiger partial charge in [-0.05, 0) is 13.0 Å². The Labute approximate surface area is 109 Å². The Morgan fingerprint density at radius 3 is 2.79 bits per heavy atom. The van der Waals surface area contributed by atoms with Crippen molar-refractivity contribution in [3.8, 4) is 5.75 Å². The molecule has 0 fully saturated rings. The summed E-state index contributed by atoms with van der Waals surface area (Å²) in [6, 6.07) is 1.68. The molecule has 0 spiro atoms. The quantitative estimate of drug-likeness (QED) is 0.792. The molecule has 0 amide bonds. The van der Waals surface area contributed by atoms with Crippen molar-refractivity contribution < 1.29 is 23.5 Å². The predicted octanol–water partition coefficient (Wildman–Crippen LogP) is 2.53. The van der Waals surface area contributed by atoms with Crippen LogP contribution in [-0.2, 0) is 16.0 Å². The Bertz CT molecular complexity index is 652. The van der Waals surface area contributed by atoms with Gasteiger partial charge in [-0.1, -0.05) is 13.8 Å². The van der Waals surface area contributed by atoms with Gasteiger partial charge in [0.05, 0.1) is 5.92 Å². The zero-order chi connectivity index (χ0) is 13.7. The van der Waals surface area contributed by atoms with Gasteiger partial charge in [-0.25, -0.2) is 4.79 Å². The molecule has 19 heavy (non-hydrogen) atoms. The van der Waals surface area contributed by atoms with Gasteiger partial charge in [-0.3, -0.25) is 4.79 Å². The van der Waals surface area contributed by atoms with E-state index < -0.39 is 0 Å². The van der Waals surface area contributed by atoms with E-state index in [-0.39, 0.29) is 24.0 Å². The summed E-state index contributed by atoms with van der Waals surface area (Å²) in [5, 5.41) is 0. The van der Waals surface area contributed by atoms with Gasteiger partial charge in [0.25, 0.3) is 0 Å². The summed E-state index contributed by atoms with van der Waals surface area (Å²) in [6.45, 7) is 5.39. The molecular formula is C14H14O5. The van der Waals surface area contributed by atoms with Gasteiger partial charge in [0.1, 0.15) is 17.3 Å². The van der Waals surface area contributed by atoms with Crippen molar-refractivity contribution in [2.45, 2.75) is 33.3 Å². The molecule has 100 valence electrons. The molecular weight excluding hydrogens is 248 g/mol. The molecule has 0 aromatic carbocycles. The summed E-state index contributed by atoms with van der Waals surface area (Å²) in [6.07, 6.45) is 0.188. The van der Waals surface area contributed by atoms with E-state index >= 15 is 0 Å². The normalized spacial score (nSPS) is 15.3. The molecule has 0 N–H and O–H groups in total. The molecule has 5 nitrogen and oxygen atoms in total. The van der Waals surface area contributed by atoms with Crippen molar-refractivity contribution in [2.24, 2.45) is 5.92 Å². The number of hydrogen-bond donors (Lipinski definition) is 0. The van der Waals surface area contributed by atoms with Crippen molar-refractivity contribution in [2.75, 3.05) is 0 Å². The van der Waals surface area contributed by atoms with E-state index in [4.69, 9.17) is 13.9 Å². The third kappa shape index (κ3) is 1.77. The number of benzene rings is 1. The Morgan fingerprint density at radius 2 is 2.11 bits per heavy atom. The third-order valence-corrected chi connectivity index (χ3v) is 3.20. The Kier molecular flexibility index (Phi) is 2.52. The van der Waals surface area contributed by atoms with Crippen molar-refractivity contribution in [1.29, 1.82) is 0 Å². The van der Waals surface area contributed by atoms with E-state index in [1.807, 2.05) is 6.92 Å². The van der Waals surface area contributed by atoms with E-state index in [1.165, 1.54) is 0 Å². The molecule has 2 aromatic heterocycles. The van der Waals surface area contributed by atoms with Crippen LogP contribution in [0.1, 0.15) is 36.7 Å². The summed E-state index contributed by atoms with van der Waals surface area (Å²) >= 11 is 0. The number of rotatable bonds is 4. The summed E-state index contributed by atoms with van der Waals surface area (Å²) in [7, 11) is 0. The second-order valence-electron chi connectivity index (χ2n) is 5.16. The maximum absolute atomic E-state index is 11.5. The van der Waals surface area contributed by atoms with Crippen LogP contribution in [0.15, 0.2) is 10.5 Å². The molecule has 1 aliphatic heterocycles. The first-order valence-electron chi connectivity index (χ1n) is 6.27. The van der Waals surface area contributed by atoms with Crippen molar-refractivity contribution >= 4 is 23.1 Å². The van der Waals surface area contributed by atoms with Gasteiger partial charge in [0, 0.05) is 12.0 Å². The molecule has 5 heteroatoms. The van der Waals surface area contributed by atoms with Crippen LogP contribution in [0.2, 0.25) is 0 Å². The summed E-state index contributed by atoms with van der Waals surface area (Å²) < 4.78 is 15.9. The topological polar surface area (TPSA) is 65.7 Å². The third-order valence-electron chi connectivity index (χ3n) is 3.20. The molecule has 0 aliphatic carbocycles. The standard InChI is InChI=1S/C14H14O5/c1-6(2)13(15)17-7(3)4-8-10-5-9-12(18-10)11(8)19-14(9)16/h5-7H,4H2,1-3H3. The largest absolute Gasteiger partial charge is 0.462 e. The molecule has 1 atom stereocenters. The average molecular weight is 262 g/mol. The molecule has 0 saturated carbocycles. The van der Waals surface area contributed by atoms with Crippen LogP contribution in [-0.4, -0.2) is 18.0 Å². The van der Waals surface area contributed by atoms with Crippen LogP contribution in [0.3, 0.4) is 0 Å². The summed E-state index contributed by atoms with van der Waals surface area (Å²) in [4.78, 5) is 23.0. The number of hydrogen-bond acceptors (Lipinski definition) is 5. The van der Waals surface area contributed by atoms with Crippen LogP contribution in [0, 0.1) is 5.92 Å². The Hall–Kier alpha value is -2.04. The zero-order valence-electron chi connectivity index (χ0n) is 11.0. The fourth-order valence-electron chi connectivity index (χ4n) is 2.22. The maximum atomic E-state index is 11.5. The lowest BCUT2D eigenvalue weighted by Crippen LogP contribution is -2.20.